The normalized spacial score (nSPS) is 14.1. The molecule has 7 aromatic rings. The lowest BCUT2D eigenvalue weighted by Crippen LogP contribution is -2.18. The fraction of sp³-hybridized carbons (Fsp3) is 0.0435. The van der Waals surface area contributed by atoms with Gasteiger partial charge in [-0.05, 0) is 75.0 Å². The standard InChI is InChI=1S/C46H35N/c1-4-15-34(16-5-1)35-27-29-39(30-28-35)47(46-26-14-22-37-21-10-11-24-42(37)46)40-31-32-44(45(33-40)38-19-8-3-9-20-38)43-25-13-12-23-41(43)36-17-6-2-7-18-36/h1-27,29-33,35H,28H2. The summed E-state index contributed by atoms with van der Waals surface area (Å²) < 4.78 is 0. The van der Waals surface area contributed by atoms with Crippen molar-refractivity contribution in [1.82, 2.24) is 0 Å². The molecule has 0 saturated carbocycles. The van der Waals surface area contributed by atoms with E-state index >= 15 is 0 Å². The molecule has 0 amide bonds. The van der Waals surface area contributed by atoms with Gasteiger partial charge in [-0.15, -0.1) is 0 Å². The van der Waals surface area contributed by atoms with E-state index in [1.54, 1.807) is 0 Å². The summed E-state index contributed by atoms with van der Waals surface area (Å²) >= 11 is 0. The summed E-state index contributed by atoms with van der Waals surface area (Å²) in [6.45, 7) is 0. The van der Waals surface area contributed by atoms with Crippen molar-refractivity contribution in [3.63, 3.8) is 0 Å². The van der Waals surface area contributed by atoms with Crippen molar-refractivity contribution in [1.29, 1.82) is 0 Å². The van der Waals surface area contributed by atoms with Crippen LogP contribution in [0.3, 0.4) is 0 Å². The quantitative estimate of drug-likeness (QED) is 0.176. The molecule has 0 radical (unpaired) electrons. The van der Waals surface area contributed by atoms with Gasteiger partial charge >= 0.3 is 0 Å². The Bertz CT molecular complexity index is 2210. The van der Waals surface area contributed by atoms with Gasteiger partial charge in [0.25, 0.3) is 0 Å². The van der Waals surface area contributed by atoms with Crippen LogP contribution in [-0.2, 0) is 0 Å². The molecule has 0 aromatic heterocycles. The van der Waals surface area contributed by atoms with E-state index in [9.17, 15) is 0 Å². The Morgan fingerprint density at radius 3 is 1.79 bits per heavy atom. The van der Waals surface area contributed by atoms with Gasteiger partial charge in [-0.3, -0.25) is 0 Å². The van der Waals surface area contributed by atoms with Crippen LogP contribution < -0.4 is 4.90 Å². The summed E-state index contributed by atoms with van der Waals surface area (Å²) in [6, 6.07) is 63.4. The molecule has 224 valence electrons. The van der Waals surface area contributed by atoms with E-state index in [1.807, 2.05) is 0 Å². The molecule has 1 unspecified atom stereocenters. The van der Waals surface area contributed by atoms with E-state index in [0.29, 0.717) is 5.92 Å². The SMILES string of the molecule is C1=CC(c2ccccc2)CC=C1N(c1ccc(-c2ccccc2-c2ccccc2)c(-c2ccccc2)c1)c1cccc2ccccc12. The van der Waals surface area contributed by atoms with Crippen LogP contribution in [0.15, 0.2) is 200 Å². The van der Waals surface area contributed by atoms with Crippen molar-refractivity contribution < 1.29 is 0 Å². The van der Waals surface area contributed by atoms with E-state index in [-0.39, 0.29) is 0 Å². The molecule has 0 spiro atoms. The third-order valence-corrected chi connectivity index (χ3v) is 9.22. The number of nitrogens with zero attached hydrogens (tertiary/aromatic N) is 1. The van der Waals surface area contributed by atoms with Crippen molar-refractivity contribution in [3.8, 4) is 33.4 Å². The highest BCUT2D eigenvalue weighted by atomic mass is 15.1. The molecule has 8 rings (SSSR count). The minimum atomic E-state index is 0.367. The summed E-state index contributed by atoms with van der Waals surface area (Å²) in [5, 5.41) is 2.46. The fourth-order valence-electron chi connectivity index (χ4n) is 6.90. The molecule has 1 aliphatic rings. The molecule has 7 aromatic carbocycles. The maximum absolute atomic E-state index is 2.44. The highest BCUT2D eigenvalue weighted by Gasteiger charge is 2.22. The van der Waals surface area contributed by atoms with E-state index < -0.39 is 0 Å². The molecule has 1 heteroatoms. The highest BCUT2D eigenvalue weighted by Crippen LogP contribution is 2.44. The Morgan fingerprint density at radius 2 is 1.06 bits per heavy atom. The largest absolute Gasteiger partial charge is 0.310 e. The second-order valence-corrected chi connectivity index (χ2v) is 12.1. The van der Waals surface area contributed by atoms with Crippen molar-refractivity contribution in [2.45, 2.75) is 12.3 Å². The van der Waals surface area contributed by atoms with Gasteiger partial charge in [0, 0.05) is 22.7 Å². The predicted molar refractivity (Wildman–Crippen MR) is 200 cm³/mol. The first-order valence-corrected chi connectivity index (χ1v) is 16.4. The zero-order chi connectivity index (χ0) is 31.4. The van der Waals surface area contributed by atoms with Gasteiger partial charge in [-0.1, -0.05) is 170 Å². The van der Waals surface area contributed by atoms with E-state index in [0.717, 1.165) is 12.1 Å². The number of anilines is 2. The molecule has 0 N–H and O–H groups in total. The predicted octanol–water partition coefficient (Wildman–Crippen LogP) is 12.6. The fourth-order valence-corrected chi connectivity index (χ4v) is 6.90. The summed E-state index contributed by atoms with van der Waals surface area (Å²) in [7, 11) is 0. The van der Waals surface area contributed by atoms with E-state index in [1.165, 1.54) is 61.1 Å². The van der Waals surface area contributed by atoms with E-state index in [2.05, 4.69) is 199 Å². The van der Waals surface area contributed by atoms with Crippen molar-refractivity contribution in [2.24, 2.45) is 0 Å². The maximum atomic E-state index is 2.44. The number of benzene rings is 7. The molecule has 0 aliphatic heterocycles. The Balaban J connectivity index is 1.31. The Hall–Kier alpha value is -5.92. The Morgan fingerprint density at radius 1 is 0.468 bits per heavy atom. The van der Waals surface area contributed by atoms with E-state index in [4.69, 9.17) is 0 Å². The summed E-state index contributed by atoms with van der Waals surface area (Å²) in [6.07, 6.45) is 8.03. The first-order valence-electron chi connectivity index (χ1n) is 16.4. The first kappa shape index (κ1) is 28.5. The minimum Gasteiger partial charge on any atom is -0.310 e. The van der Waals surface area contributed by atoms with Crippen LogP contribution in [0.2, 0.25) is 0 Å². The second kappa shape index (κ2) is 12.8. The lowest BCUT2D eigenvalue weighted by atomic mass is 9.88. The lowest BCUT2D eigenvalue weighted by Gasteiger charge is -2.31. The molecular weight excluding hydrogens is 567 g/mol. The third-order valence-electron chi connectivity index (χ3n) is 9.22. The molecule has 1 atom stereocenters. The average Bonchev–Trinajstić information content (AvgIpc) is 3.16. The molecule has 1 nitrogen and oxygen atoms in total. The van der Waals surface area contributed by atoms with Crippen molar-refractivity contribution in [3.05, 3.63) is 205 Å². The Labute approximate surface area is 277 Å². The molecule has 47 heavy (non-hydrogen) atoms. The van der Waals surface area contributed by atoms with Crippen LogP contribution >= 0.6 is 0 Å². The van der Waals surface area contributed by atoms with Gasteiger partial charge in [-0.25, -0.2) is 0 Å². The van der Waals surface area contributed by atoms with Crippen LogP contribution in [0.4, 0.5) is 11.4 Å². The zero-order valence-electron chi connectivity index (χ0n) is 26.2. The minimum absolute atomic E-state index is 0.367. The molecule has 0 saturated heterocycles. The van der Waals surface area contributed by atoms with Crippen LogP contribution in [0.25, 0.3) is 44.2 Å². The first-order chi connectivity index (χ1) is 23.3. The number of hydrogen-bond acceptors (Lipinski definition) is 1. The van der Waals surface area contributed by atoms with Gasteiger partial charge in [0.05, 0.1) is 5.69 Å². The molecule has 0 heterocycles. The van der Waals surface area contributed by atoms with Crippen molar-refractivity contribution >= 4 is 22.1 Å². The van der Waals surface area contributed by atoms with Gasteiger partial charge < -0.3 is 4.90 Å². The maximum Gasteiger partial charge on any atom is 0.0539 e. The second-order valence-electron chi connectivity index (χ2n) is 12.1. The number of hydrogen-bond donors (Lipinski definition) is 0. The average molecular weight is 602 g/mol. The van der Waals surface area contributed by atoms with Gasteiger partial charge in [0.15, 0.2) is 0 Å². The molecule has 1 aliphatic carbocycles. The van der Waals surface area contributed by atoms with Crippen molar-refractivity contribution in [2.75, 3.05) is 4.90 Å². The van der Waals surface area contributed by atoms with Crippen LogP contribution in [-0.4, -0.2) is 0 Å². The van der Waals surface area contributed by atoms with Crippen LogP contribution in [0.5, 0.6) is 0 Å². The highest BCUT2D eigenvalue weighted by molar-refractivity contribution is 5.99. The van der Waals surface area contributed by atoms with Gasteiger partial charge in [0.1, 0.15) is 0 Å². The van der Waals surface area contributed by atoms with Gasteiger partial charge in [0.2, 0.25) is 0 Å². The molecular formula is C46H35N. The molecule has 0 fully saturated rings. The Kier molecular flexibility index (Phi) is 7.79. The molecule has 0 bridgehead atoms. The van der Waals surface area contributed by atoms with Crippen LogP contribution in [0, 0.1) is 0 Å². The number of rotatable bonds is 7. The monoisotopic (exact) mass is 601 g/mol. The summed E-state index contributed by atoms with van der Waals surface area (Å²) in [5.74, 6) is 0.367. The smallest absolute Gasteiger partial charge is 0.0539 e. The topological polar surface area (TPSA) is 3.24 Å². The third kappa shape index (κ3) is 5.69. The summed E-state index contributed by atoms with van der Waals surface area (Å²) in [4.78, 5) is 2.44. The number of fused-ring (bicyclic) bond motifs is 1. The lowest BCUT2D eigenvalue weighted by molar-refractivity contribution is 0.840. The zero-order valence-corrected chi connectivity index (χ0v) is 26.2. The number of allylic oxidation sites excluding steroid dienone is 3. The van der Waals surface area contributed by atoms with Gasteiger partial charge in [-0.2, -0.15) is 0 Å². The summed E-state index contributed by atoms with van der Waals surface area (Å²) in [5.41, 5.74) is 12.1. The van der Waals surface area contributed by atoms with Crippen LogP contribution in [0.1, 0.15) is 17.9 Å².